The van der Waals surface area contributed by atoms with E-state index >= 15 is 0 Å². The third kappa shape index (κ3) is 3.04. The average Bonchev–Trinajstić information content (AvgIpc) is 2.45. The van der Waals surface area contributed by atoms with Gasteiger partial charge in [0.25, 0.3) is 5.88 Å². The number of nitrogens with two attached hydrogens (primary N) is 1. The summed E-state index contributed by atoms with van der Waals surface area (Å²) in [5.41, 5.74) is 6.63. The molecule has 0 saturated carbocycles. The van der Waals surface area contributed by atoms with Crippen LogP contribution in [0, 0.1) is 0 Å². The van der Waals surface area contributed by atoms with Gasteiger partial charge in [0.05, 0.1) is 14.2 Å². The summed E-state index contributed by atoms with van der Waals surface area (Å²) in [6, 6.07) is 7.58. The molecule has 6 nitrogen and oxygen atoms in total. The Morgan fingerprint density at radius 2 is 2.00 bits per heavy atom. The molecule has 0 aliphatic carbocycles. The predicted octanol–water partition coefficient (Wildman–Crippen LogP) is 1.65. The maximum atomic E-state index is 5.67. The Morgan fingerprint density at radius 1 is 1.16 bits per heavy atom. The first-order chi connectivity index (χ1) is 9.24. The molecule has 0 fully saturated rings. The van der Waals surface area contributed by atoms with Gasteiger partial charge in [-0.2, -0.15) is 4.98 Å². The fourth-order valence-electron chi connectivity index (χ4n) is 1.58. The molecule has 0 saturated heterocycles. The number of benzene rings is 1. The van der Waals surface area contributed by atoms with Crippen LogP contribution >= 0.6 is 0 Å². The van der Waals surface area contributed by atoms with Crippen LogP contribution in [0.2, 0.25) is 0 Å². The molecule has 6 heteroatoms. The molecule has 100 valence electrons. The first kappa shape index (κ1) is 12.9. The highest BCUT2D eigenvalue weighted by Gasteiger charge is 2.11. The molecule has 19 heavy (non-hydrogen) atoms. The molecule has 0 aliphatic heterocycles. The van der Waals surface area contributed by atoms with Gasteiger partial charge in [-0.05, 0) is 17.7 Å². The van der Waals surface area contributed by atoms with Gasteiger partial charge in [0.15, 0.2) is 5.82 Å². The molecular formula is C13H15N3O3. The predicted molar refractivity (Wildman–Crippen MR) is 70.3 cm³/mol. The van der Waals surface area contributed by atoms with Gasteiger partial charge in [0, 0.05) is 0 Å². The minimum absolute atomic E-state index is 0.248. The fourth-order valence-corrected chi connectivity index (χ4v) is 1.58. The van der Waals surface area contributed by atoms with E-state index in [0.717, 1.165) is 11.3 Å². The summed E-state index contributed by atoms with van der Waals surface area (Å²) < 4.78 is 15.8. The molecule has 0 spiro atoms. The molecule has 1 aromatic carbocycles. The zero-order valence-electron chi connectivity index (χ0n) is 10.8. The first-order valence-electron chi connectivity index (χ1n) is 5.64. The Balaban J connectivity index is 2.12. The third-order valence-corrected chi connectivity index (χ3v) is 2.51. The number of rotatable bonds is 5. The lowest BCUT2D eigenvalue weighted by atomic mass is 10.2. The number of hydrogen-bond donors (Lipinski definition) is 1. The van der Waals surface area contributed by atoms with Crippen molar-refractivity contribution >= 4 is 5.82 Å². The number of anilines is 1. The molecule has 0 bridgehead atoms. The summed E-state index contributed by atoms with van der Waals surface area (Å²) in [5, 5.41) is 0. The molecule has 0 atom stereocenters. The van der Waals surface area contributed by atoms with E-state index in [1.807, 2.05) is 24.3 Å². The van der Waals surface area contributed by atoms with E-state index in [2.05, 4.69) is 9.97 Å². The van der Waals surface area contributed by atoms with Gasteiger partial charge in [-0.1, -0.05) is 12.1 Å². The smallest absolute Gasteiger partial charge is 0.262 e. The van der Waals surface area contributed by atoms with E-state index in [-0.39, 0.29) is 5.82 Å². The number of ether oxygens (including phenoxy) is 3. The zero-order valence-corrected chi connectivity index (χ0v) is 10.8. The minimum atomic E-state index is 0.248. The summed E-state index contributed by atoms with van der Waals surface area (Å²) in [5.74, 6) is 1.68. The van der Waals surface area contributed by atoms with Crippen molar-refractivity contribution in [2.75, 3.05) is 20.0 Å². The molecule has 2 aromatic rings. The van der Waals surface area contributed by atoms with Crippen molar-refractivity contribution in [3.8, 4) is 17.4 Å². The second-order valence-electron chi connectivity index (χ2n) is 3.74. The molecule has 2 N–H and O–H groups in total. The quantitative estimate of drug-likeness (QED) is 0.881. The summed E-state index contributed by atoms with van der Waals surface area (Å²) in [7, 11) is 3.11. The molecule has 0 radical (unpaired) electrons. The van der Waals surface area contributed by atoms with E-state index in [1.54, 1.807) is 7.11 Å². The molecule has 0 aliphatic rings. The van der Waals surface area contributed by atoms with Crippen LogP contribution in [-0.2, 0) is 6.61 Å². The van der Waals surface area contributed by atoms with E-state index in [9.17, 15) is 0 Å². The number of hydrogen-bond acceptors (Lipinski definition) is 6. The van der Waals surface area contributed by atoms with Crippen LogP contribution in [0.1, 0.15) is 5.56 Å². The van der Waals surface area contributed by atoms with Gasteiger partial charge in [-0.3, -0.25) is 0 Å². The zero-order chi connectivity index (χ0) is 13.7. The van der Waals surface area contributed by atoms with Crippen molar-refractivity contribution in [1.82, 2.24) is 9.97 Å². The number of aromatic nitrogens is 2. The number of nitrogens with zero attached hydrogens (tertiary/aromatic N) is 2. The highest BCUT2D eigenvalue weighted by atomic mass is 16.5. The van der Waals surface area contributed by atoms with Crippen molar-refractivity contribution in [1.29, 1.82) is 0 Å². The molecule has 0 amide bonds. The fraction of sp³-hybridized carbons (Fsp3) is 0.231. The topological polar surface area (TPSA) is 79.5 Å². The van der Waals surface area contributed by atoms with Crippen LogP contribution in [0.25, 0.3) is 0 Å². The molecular weight excluding hydrogens is 246 g/mol. The number of methoxy groups -OCH3 is 2. The molecule has 0 unspecified atom stereocenters. The normalized spacial score (nSPS) is 10.0. The highest BCUT2D eigenvalue weighted by molar-refractivity contribution is 5.51. The summed E-state index contributed by atoms with van der Waals surface area (Å²) in [4.78, 5) is 7.83. The Morgan fingerprint density at radius 3 is 2.74 bits per heavy atom. The Kier molecular flexibility index (Phi) is 4.02. The maximum absolute atomic E-state index is 5.67. The van der Waals surface area contributed by atoms with E-state index in [1.165, 1.54) is 13.4 Å². The van der Waals surface area contributed by atoms with E-state index < -0.39 is 0 Å². The van der Waals surface area contributed by atoms with Gasteiger partial charge < -0.3 is 19.9 Å². The van der Waals surface area contributed by atoms with Crippen molar-refractivity contribution in [2.24, 2.45) is 0 Å². The summed E-state index contributed by atoms with van der Waals surface area (Å²) >= 11 is 0. The summed E-state index contributed by atoms with van der Waals surface area (Å²) in [6.45, 7) is 0.337. The SMILES string of the molecule is COc1cccc(COc2ncnc(N)c2OC)c1. The lowest BCUT2D eigenvalue weighted by Crippen LogP contribution is -2.03. The van der Waals surface area contributed by atoms with Crippen molar-refractivity contribution < 1.29 is 14.2 Å². The largest absolute Gasteiger partial charge is 0.497 e. The maximum Gasteiger partial charge on any atom is 0.262 e. The first-order valence-corrected chi connectivity index (χ1v) is 5.64. The highest BCUT2D eigenvalue weighted by Crippen LogP contribution is 2.29. The Bertz CT molecular complexity index is 561. The van der Waals surface area contributed by atoms with Crippen LogP contribution in [-0.4, -0.2) is 24.2 Å². The van der Waals surface area contributed by atoms with E-state index in [0.29, 0.717) is 18.2 Å². The van der Waals surface area contributed by atoms with Crippen molar-refractivity contribution in [3.05, 3.63) is 36.2 Å². The van der Waals surface area contributed by atoms with Gasteiger partial charge in [0.2, 0.25) is 5.75 Å². The third-order valence-electron chi connectivity index (χ3n) is 2.51. The second kappa shape index (κ2) is 5.90. The number of nitrogen functional groups attached to an aromatic ring is 1. The van der Waals surface area contributed by atoms with E-state index in [4.69, 9.17) is 19.9 Å². The van der Waals surface area contributed by atoms with Gasteiger partial charge in [-0.25, -0.2) is 4.98 Å². The van der Waals surface area contributed by atoms with Crippen molar-refractivity contribution in [3.63, 3.8) is 0 Å². The van der Waals surface area contributed by atoms with Crippen LogP contribution in [0.15, 0.2) is 30.6 Å². The van der Waals surface area contributed by atoms with Crippen LogP contribution in [0.5, 0.6) is 17.4 Å². The standard InChI is InChI=1S/C13H15N3O3/c1-17-10-5-3-4-9(6-10)7-19-13-11(18-2)12(14)15-8-16-13/h3-6,8H,7H2,1-2H3,(H2,14,15,16). The van der Waals surface area contributed by atoms with Crippen LogP contribution < -0.4 is 19.9 Å². The van der Waals surface area contributed by atoms with Crippen LogP contribution in [0.3, 0.4) is 0 Å². The lowest BCUT2D eigenvalue weighted by Gasteiger charge is -2.10. The summed E-state index contributed by atoms with van der Waals surface area (Å²) in [6.07, 6.45) is 1.33. The monoisotopic (exact) mass is 261 g/mol. The van der Waals surface area contributed by atoms with Gasteiger partial charge in [-0.15, -0.1) is 0 Å². The molecule has 1 heterocycles. The second-order valence-corrected chi connectivity index (χ2v) is 3.74. The lowest BCUT2D eigenvalue weighted by molar-refractivity contribution is 0.271. The Hall–Kier alpha value is -2.50. The van der Waals surface area contributed by atoms with Gasteiger partial charge >= 0.3 is 0 Å². The molecule has 2 rings (SSSR count). The van der Waals surface area contributed by atoms with Gasteiger partial charge in [0.1, 0.15) is 18.7 Å². The molecule has 1 aromatic heterocycles. The Labute approximate surface area is 111 Å². The average molecular weight is 261 g/mol. The minimum Gasteiger partial charge on any atom is -0.497 e. The van der Waals surface area contributed by atoms with Crippen LogP contribution in [0.4, 0.5) is 5.82 Å². The van der Waals surface area contributed by atoms with Crippen molar-refractivity contribution in [2.45, 2.75) is 6.61 Å².